The molecule has 1 saturated heterocycles. The van der Waals surface area contributed by atoms with E-state index in [1.54, 1.807) is 0 Å². The minimum atomic E-state index is -0.0261. The van der Waals surface area contributed by atoms with Gasteiger partial charge in [0.15, 0.2) is 0 Å². The molecule has 21 heavy (non-hydrogen) atoms. The summed E-state index contributed by atoms with van der Waals surface area (Å²) in [4.78, 5) is 12.1. The summed E-state index contributed by atoms with van der Waals surface area (Å²) in [6, 6.07) is 0.278. The van der Waals surface area contributed by atoms with Gasteiger partial charge in [-0.1, -0.05) is 27.2 Å². The van der Waals surface area contributed by atoms with Crippen molar-refractivity contribution in [3.8, 4) is 0 Å². The first-order chi connectivity index (χ1) is 10.1. The number of nitrogens with one attached hydrogen (secondary N) is 1. The van der Waals surface area contributed by atoms with Gasteiger partial charge in [-0.15, -0.1) is 0 Å². The van der Waals surface area contributed by atoms with E-state index in [-0.39, 0.29) is 17.6 Å². The number of amides is 1. The van der Waals surface area contributed by atoms with Crippen molar-refractivity contribution < 1.29 is 9.53 Å². The molecule has 1 rings (SSSR count). The van der Waals surface area contributed by atoms with Crippen molar-refractivity contribution in [1.82, 2.24) is 5.32 Å². The SMILES string of the molecule is CCC(CCN)CCC(=O)NC1CCOC(CC)(CC)C1. The molecule has 0 aromatic carbocycles. The summed E-state index contributed by atoms with van der Waals surface area (Å²) in [5.41, 5.74) is 5.58. The summed E-state index contributed by atoms with van der Waals surface area (Å²) in [5.74, 6) is 0.777. The molecule has 0 spiro atoms. The second-order valence-electron chi connectivity index (χ2n) is 6.39. The van der Waals surface area contributed by atoms with Crippen LogP contribution in [0.3, 0.4) is 0 Å². The van der Waals surface area contributed by atoms with Crippen LogP contribution in [-0.2, 0) is 9.53 Å². The lowest BCUT2D eigenvalue weighted by molar-refractivity contribution is -0.126. The second kappa shape index (κ2) is 9.42. The Hall–Kier alpha value is -0.610. The van der Waals surface area contributed by atoms with Crippen molar-refractivity contribution in [2.75, 3.05) is 13.2 Å². The molecule has 0 saturated carbocycles. The van der Waals surface area contributed by atoms with E-state index in [0.29, 0.717) is 12.3 Å². The van der Waals surface area contributed by atoms with Crippen LogP contribution in [0.25, 0.3) is 0 Å². The van der Waals surface area contributed by atoms with E-state index in [2.05, 4.69) is 26.1 Å². The van der Waals surface area contributed by atoms with E-state index in [4.69, 9.17) is 10.5 Å². The Morgan fingerprint density at radius 1 is 1.33 bits per heavy atom. The normalized spacial score (nSPS) is 22.8. The molecule has 1 fully saturated rings. The highest BCUT2D eigenvalue weighted by atomic mass is 16.5. The first-order valence-electron chi connectivity index (χ1n) is 8.72. The molecule has 0 aromatic rings. The molecular formula is C17H34N2O2. The largest absolute Gasteiger partial charge is 0.375 e. The molecule has 2 atom stereocenters. The summed E-state index contributed by atoms with van der Waals surface area (Å²) in [6.45, 7) is 8.00. The van der Waals surface area contributed by atoms with Crippen molar-refractivity contribution in [1.29, 1.82) is 0 Å². The van der Waals surface area contributed by atoms with E-state index in [1.165, 1.54) is 0 Å². The first-order valence-corrected chi connectivity index (χ1v) is 8.72. The molecule has 1 amide bonds. The van der Waals surface area contributed by atoms with Crippen LogP contribution in [0.1, 0.15) is 72.1 Å². The maximum absolute atomic E-state index is 12.1. The van der Waals surface area contributed by atoms with Crippen LogP contribution in [0.5, 0.6) is 0 Å². The highest BCUT2D eigenvalue weighted by molar-refractivity contribution is 5.76. The van der Waals surface area contributed by atoms with Crippen molar-refractivity contribution in [2.24, 2.45) is 11.7 Å². The van der Waals surface area contributed by atoms with Gasteiger partial charge in [0.05, 0.1) is 5.60 Å². The van der Waals surface area contributed by atoms with Gasteiger partial charge in [0.2, 0.25) is 5.91 Å². The summed E-state index contributed by atoms with van der Waals surface area (Å²) in [6.07, 6.45) is 7.64. The van der Waals surface area contributed by atoms with Gasteiger partial charge in [0.25, 0.3) is 0 Å². The van der Waals surface area contributed by atoms with Crippen LogP contribution < -0.4 is 11.1 Å². The zero-order chi connectivity index (χ0) is 15.7. The number of carbonyl (C=O) groups is 1. The molecule has 4 nitrogen and oxygen atoms in total. The Kier molecular flexibility index (Phi) is 8.27. The number of nitrogens with two attached hydrogens (primary N) is 1. The molecule has 1 aliphatic heterocycles. The molecule has 0 bridgehead atoms. The van der Waals surface area contributed by atoms with Gasteiger partial charge < -0.3 is 15.8 Å². The van der Waals surface area contributed by atoms with Crippen molar-refractivity contribution in [2.45, 2.75) is 83.8 Å². The van der Waals surface area contributed by atoms with E-state index < -0.39 is 0 Å². The van der Waals surface area contributed by atoms with E-state index in [9.17, 15) is 4.79 Å². The predicted octanol–water partition coefficient (Wildman–Crippen LogP) is 3.00. The summed E-state index contributed by atoms with van der Waals surface area (Å²) < 4.78 is 5.96. The van der Waals surface area contributed by atoms with Gasteiger partial charge >= 0.3 is 0 Å². The predicted molar refractivity (Wildman–Crippen MR) is 87.1 cm³/mol. The van der Waals surface area contributed by atoms with Gasteiger partial charge in [-0.3, -0.25) is 4.79 Å². The maximum Gasteiger partial charge on any atom is 0.220 e. The van der Waals surface area contributed by atoms with Gasteiger partial charge in [-0.25, -0.2) is 0 Å². The summed E-state index contributed by atoms with van der Waals surface area (Å²) in [5, 5.41) is 3.21. The number of hydrogen-bond acceptors (Lipinski definition) is 3. The van der Waals surface area contributed by atoms with Crippen LogP contribution in [-0.4, -0.2) is 30.7 Å². The Balaban J connectivity index is 2.37. The third-order valence-corrected chi connectivity index (χ3v) is 5.08. The third-order valence-electron chi connectivity index (χ3n) is 5.08. The number of hydrogen-bond donors (Lipinski definition) is 2. The molecule has 124 valence electrons. The van der Waals surface area contributed by atoms with Crippen LogP contribution in [0, 0.1) is 5.92 Å². The van der Waals surface area contributed by atoms with Gasteiger partial charge in [-0.2, -0.15) is 0 Å². The Morgan fingerprint density at radius 3 is 2.62 bits per heavy atom. The topological polar surface area (TPSA) is 64.4 Å². The minimum Gasteiger partial charge on any atom is -0.375 e. The zero-order valence-electron chi connectivity index (χ0n) is 14.1. The second-order valence-corrected chi connectivity index (χ2v) is 6.39. The van der Waals surface area contributed by atoms with Crippen molar-refractivity contribution in [3.63, 3.8) is 0 Å². The molecular weight excluding hydrogens is 264 g/mol. The van der Waals surface area contributed by atoms with Crippen molar-refractivity contribution in [3.05, 3.63) is 0 Å². The fourth-order valence-corrected chi connectivity index (χ4v) is 3.32. The number of ether oxygens (including phenoxy) is 1. The van der Waals surface area contributed by atoms with Crippen LogP contribution in [0.15, 0.2) is 0 Å². The molecule has 1 heterocycles. The standard InChI is InChI=1S/C17H34N2O2/c1-4-14(9-11-18)7-8-16(20)19-15-10-12-21-17(5-2,6-3)13-15/h14-15H,4-13,18H2,1-3H3,(H,19,20). The Labute approximate surface area is 130 Å². The van der Waals surface area contributed by atoms with Crippen molar-refractivity contribution >= 4 is 5.91 Å². The molecule has 0 aromatic heterocycles. The van der Waals surface area contributed by atoms with Gasteiger partial charge in [-0.05, 0) is 51.0 Å². The molecule has 3 N–H and O–H groups in total. The number of carbonyl (C=O) groups excluding carboxylic acids is 1. The molecule has 2 unspecified atom stereocenters. The van der Waals surface area contributed by atoms with Gasteiger partial charge in [0, 0.05) is 19.1 Å². The Morgan fingerprint density at radius 2 is 2.05 bits per heavy atom. The third kappa shape index (κ3) is 5.95. The van der Waals surface area contributed by atoms with Crippen LogP contribution >= 0.6 is 0 Å². The molecule has 1 aliphatic rings. The van der Waals surface area contributed by atoms with E-state index >= 15 is 0 Å². The fourth-order valence-electron chi connectivity index (χ4n) is 3.32. The van der Waals surface area contributed by atoms with E-state index in [1.807, 2.05) is 0 Å². The fraction of sp³-hybridized carbons (Fsp3) is 0.941. The smallest absolute Gasteiger partial charge is 0.220 e. The van der Waals surface area contributed by atoms with E-state index in [0.717, 1.165) is 58.1 Å². The maximum atomic E-state index is 12.1. The lowest BCUT2D eigenvalue weighted by Gasteiger charge is -2.40. The van der Waals surface area contributed by atoms with Gasteiger partial charge in [0.1, 0.15) is 0 Å². The summed E-state index contributed by atoms with van der Waals surface area (Å²) in [7, 11) is 0. The molecule has 0 radical (unpaired) electrons. The summed E-state index contributed by atoms with van der Waals surface area (Å²) >= 11 is 0. The Bertz CT molecular complexity index is 303. The highest BCUT2D eigenvalue weighted by Gasteiger charge is 2.34. The molecule has 4 heteroatoms. The first kappa shape index (κ1) is 18.4. The highest BCUT2D eigenvalue weighted by Crippen LogP contribution is 2.31. The zero-order valence-corrected chi connectivity index (χ0v) is 14.1. The molecule has 0 aliphatic carbocycles. The quantitative estimate of drug-likeness (QED) is 0.688. The van der Waals surface area contributed by atoms with Crippen LogP contribution in [0.4, 0.5) is 0 Å². The average molecular weight is 298 g/mol. The lowest BCUT2D eigenvalue weighted by Crippen LogP contribution is -2.48. The average Bonchev–Trinajstić information content (AvgIpc) is 2.51. The minimum absolute atomic E-state index is 0.0261. The monoisotopic (exact) mass is 298 g/mol. The number of rotatable bonds is 9. The lowest BCUT2D eigenvalue weighted by atomic mass is 9.86. The van der Waals surface area contributed by atoms with Crippen LogP contribution in [0.2, 0.25) is 0 Å².